The minimum absolute atomic E-state index is 0.0619. The van der Waals surface area contributed by atoms with Crippen LogP contribution < -0.4 is 10.4 Å². The number of H-pyrrole nitrogens is 2. The SMILES string of the molecule is CCOc1ccc(S(=O)(=O)N2CCC(c3n[nH]c(=O)[nH]3)CC2)c(C)c1. The molecule has 0 bridgehead atoms. The lowest BCUT2D eigenvalue weighted by atomic mass is 9.98. The van der Waals surface area contributed by atoms with Crippen molar-refractivity contribution >= 4 is 10.0 Å². The number of hydrogen-bond donors (Lipinski definition) is 2. The number of aromatic nitrogens is 3. The minimum atomic E-state index is -3.55. The molecule has 3 rings (SSSR count). The van der Waals surface area contributed by atoms with Crippen molar-refractivity contribution in [1.29, 1.82) is 0 Å². The highest BCUT2D eigenvalue weighted by molar-refractivity contribution is 7.89. The van der Waals surface area contributed by atoms with Crippen LogP contribution in [-0.4, -0.2) is 47.6 Å². The first-order valence-corrected chi connectivity index (χ1v) is 9.74. The van der Waals surface area contributed by atoms with Gasteiger partial charge in [-0.1, -0.05) is 0 Å². The van der Waals surface area contributed by atoms with Crippen molar-refractivity contribution in [3.63, 3.8) is 0 Å². The van der Waals surface area contributed by atoms with E-state index in [4.69, 9.17) is 4.74 Å². The number of aromatic amines is 2. The largest absolute Gasteiger partial charge is 0.494 e. The number of piperidine rings is 1. The monoisotopic (exact) mass is 366 g/mol. The molecule has 1 aliphatic heterocycles. The second kappa shape index (κ2) is 7.01. The summed E-state index contributed by atoms with van der Waals surface area (Å²) in [7, 11) is -3.55. The van der Waals surface area contributed by atoms with Crippen LogP contribution in [0, 0.1) is 6.92 Å². The molecule has 8 nitrogen and oxygen atoms in total. The Morgan fingerprint density at radius 1 is 1.32 bits per heavy atom. The van der Waals surface area contributed by atoms with Gasteiger partial charge in [0.05, 0.1) is 11.5 Å². The van der Waals surface area contributed by atoms with Crippen molar-refractivity contribution in [2.75, 3.05) is 19.7 Å². The number of rotatable bonds is 5. The third-order valence-electron chi connectivity index (χ3n) is 4.44. The fraction of sp³-hybridized carbons (Fsp3) is 0.500. The van der Waals surface area contributed by atoms with Gasteiger partial charge in [0.2, 0.25) is 10.0 Å². The van der Waals surface area contributed by atoms with Crippen LogP contribution >= 0.6 is 0 Å². The van der Waals surface area contributed by atoms with E-state index >= 15 is 0 Å². The van der Waals surface area contributed by atoms with Crippen LogP contribution in [0.1, 0.15) is 37.1 Å². The molecule has 1 aromatic heterocycles. The number of hydrogen-bond acceptors (Lipinski definition) is 5. The summed E-state index contributed by atoms with van der Waals surface area (Å²) >= 11 is 0. The Balaban J connectivity index is 1.74. The number of aryl methyl sites for hydroxylation is 1. The first-order chi connectivity index (χ1) is 11.9. The molecule has 0 spiro atoms. The maximum absolute atomic E-state index is 12.9. The highest BCUT2D eigenvalue weighted by Crippen LogP contribution is 2.30. The molecule has 0 aliphatic carbocycles. The zero-order chi connectivity index (χ0) is 18.0. The van der Waals surface area contributed by atoms with E-state index in [0.717, 1.165) is 0 Å². The van der Waals surface area contributed by atoms with Crippen molar-refractivity contribution in [2.45, 2.75) is 37.5 Å². The Morgan fingerprint density at radius 2 is 2.04 bits per heavy atom. The summed E-state index contributed by atoms with van der Waals surface area (Å²) in [5.41, 5.74) is 0.333. The van der Waals surface area contributed by atoms with Gasteiger partial charge in [-0.15, -0.1) is 0 Å². The average molecular weight is 366 g/mol. The zero-order valence-corrected chi connectivity index (χ0v) is 15.1. The van der Waals surface area contributed by atoms with Gasteiger partial charge in [0.25, 0.3) is 0 Å². The molecule has 1 aliphatic rings. The summed E-state index contributed by atoms with van der Waals surface area (Å²) in [5.74, 6) is 1.33. The first-order valence-electron chi connectivity index (χ1n) is 8.30. The molecule has 2 heterocycles. The Morgan fingerprint density at radius 3 is 2.60 bits per heavy atom. The molecule has 1 fully saturated rings. The van der Waals surface area contributed by atoms with Crippen molar-refractivity contribution in [3.8, 4) is 5.75 Å². The van der Waals surface area contributed by atoms with Crippen molar-refractivity contribution in [2.24, 2.45) is 0 Å². The Hall–Kier alpha value is -2.13. The summed E-state index contributed by atoms with van der Waals surface area (Å²) < 4.78 is 32.8. The predicted octanol–water partition coefficient (Wildman–Crippen LogP) is 1.37. The lowest BCUT2D eigenvalue weighted by Gasteiger charge is -2.30. The van der Waals surface area contributed by atoms with E-state index in [0.29, 0.717) is 54.6 Å². The third-order valence-corrected chi connectivity index (χ3v) is 6.49. The number of sulfonamides is 1. The number of nitrogens with zero attached hydrogens (tertiary/aromatic N) is 2. The summed E-state index contributed by atoms with van der Waals surface area (Å²) in [4.78, 5) is 14.1. The number of nitrogens with one attached hydrogen (secondary N) is 2. The normalized spacial score (nSPS) is 16.9. The van der Waals surface area contributed by atoms with Crippen LogP contribution in [0.25, 0.3) is 0 Å². The van der Waals surface area contributed by atoms with E-state index in [1.807, 2.05) is 6.92 Å². The summed E-state index contributed by atoms with van der Waals surface area (Å²) in [6.07, 6.45) is 1.24. The van der Waals surface area contributed by atoms with E-state index in [9.17, 15) is 13.2 Å². The maximum atomic E-state index is 12.9. The van der Waals surface area contributed by atoms with Gasteiger partial charge in [0.1, 0.15) is 11.6 Å². The number of benzene rings is 1. The highest BCUT2D eigenvalue weighted by Gasteiger charge is 2.32. The summed E-state index contributed by atoms with van der Waals surface area (Å²) in [6.45, 7) is 4.99. The lowest BCUT2D eigenvalue weighted by molar-refractivity contribution is 0.313. The second-order valence-corrected chi connectivity index (χ2v) is 8.01. The molecule has 0 amide bonds. The molecule has 0 atom stereocenters. The van der Waals surface area contributed by atoms with Crippen LogP contribution in [0.3, 0.4) is 0 Å². The average Bonchev–Trinajstić information content (AvgIpc) is 3.02. The molecule has 0 saturated carbocycles. The van der Waals surface area contributed by atoms with Gasteiger partial charge >= 0.3 is 5.69 Å². The van der Waals surface area contributed by atoms with Crippen LogP contribution in [0.2, 0.25) is 0 Å². The van der Waals surface area contributed by atoms with E-state index in [1.165, 1.54) is 4.31 Å². The third kappa shape index (κ3) is 3.62. The van der Waals surface area contributed by atoms with Gasteiger partial charge in [-0.25, -0.2) is 18.3 Å². The Bertz CT molecular complexity index is 895. The van der Waals surface area contributed by atoms with E-state index in [1.54, 1.807) is 25.1 Å². The van der Waals surface area contributed by atoms with Gasteiger partial charge < -0.3 is 4.74 Å². The standard InChI is InChI=1S/C16H22N4O4S/c1-3-24-13-4-5-14(11(2)10-13)25(22,23)20-8-6-12(7-9-20)15-17-16(21)19-18-15/h4-5,10,12H,3,6-9H2,1-2H3,(H2,17,18,19,21). The second-order valence-electron chi connectivity index (χ2n) is 6.10. The van der Waals surface area contributed by atoms with Gasteiger partial charge in [-0.3, -0.25) is 4.98 Å². The molecule has 2 N–H and O–H groups in total. The van der Waals surface area contributed by atoms with Gasteiger partial charge in [0.15, 0.2) is 0 Å². The topological polar surface area (TPSA) is 108 Å². The molecule has 25 heavy (non-hydrogen) atoms. The minimum Gasteiger partial charge on any atom is -0.494 e. The molecule has 1 aromatic carbocycles. The maximum Gasteiger partial charge on any atom is 0.340 e. The number of ether oxygens (including phenoxy) is 1. The van der Waals surface area contributed by atoms with E-state index < -0.39 is 10.0 Å². The fourth-order valence-corrected chi connectivity index (χ4v) is 4.83. The molecule has 1 saturated heterocycles. The molecule has 0 radical (unpaired) electrons. The van der Waals surface area contributed by atoms with Crippen molar-refractivity contribution < 1.29 is 13.2 Å². The van der Waals surface area contributed by atoms with Crippen LogP contribution in [0.15, 0.2) is 27.9 Å². The van der Waals surface area contributed by atoms with Gasteiger partial charge in [-0.05, 0) is 50.5 Å². The molecule has 136 valence electrons. The quantitative estimate of drug-likeness (QED) is 0.831. The predicted molar refractivity (Wildman–Crippen MR) is 92.3 cm³/mol. The molecular weight excluding hydrogens is 344 g/mol. The summed E-state index contributed by atoms with van der Waals surface area (Å²) in [5, 5.41) is 6.30. The molecular formula is C16H22N4O4S. The van der Waals surface area contributed by atoms with Crippen LogP contribution in [-0.2, 0) is 10.0 Å². The smallest absolute Gasteiger partial charge is 0.340 e. The molecule has 9 heteroatoms. The summed E-state index contributed by atoms with van der Waals surface area (Å²) in [6, 6.07) is 5.04. The first kappa shape index (κ1) is 17.7. The van der Waals surface area contributed by atoms with Crippen LogP contribution in [0.4, 0.5) is 0 Å². The van der Waals surface area contributed by atoms with Gasteiger partial charge in [-0.2, -0.15) is 9.40 Å². The fourth-order valence-electron chi connectivity index (χ4n) is 3.15. The van der Waals surface area contributed by atoms with Crippen molar-refractivity contribution in [1.82, 2.24) is 19.5 Å². The van der Waals surface area contributed by atoms with Crippen molar-refractivity contribution in [3.05, 3.63) is 40.1 Å². The zero-order valence-electron chi connectivity index (χ0n) is 14.3. The molecule has 0 unspecified atom stereocenters. The highest BCUT2D eigenvalue weighted by atomic mass is 32.2. The lowest BCUT2D eigenvalue weighted by Crippen LogP contribution is -2.38. The van der Waals surface area contributed by atoms with E-state index in [-0.39, 0.29) is 11.6 Å². The van der Waals surface area contributed by atoms with Gasteiger partial charge in [0, 0.05) is 19.0 Å². The molecule has 2 aromatic rings. The van der Waals surface area contributed by atoms with Crippen LogP contribution in [0.5, 0.6) is 5.75 Å². The Kier molecular flexibility index (Phi) is 4.96. The Labute approximate surface area is 146 Å². The van der Waals surface area contributed by atoms with E-state index in [2.05, 4.69) is 15.2 Å².